The molecule has 1 unspecified atom stereocenters. The fraction of sp³-hybridized carbons (Fsp3) is 0.643. The number of nitrogens with two attached hydrogens (primary N) is 1. The molecule has 3 N–H and O–H groups in total. The highest BCUT2D eigenvalue weighted by atomic mass is 14.9. The van der Waals surface area contributed by atoms with E-state index >= 15 is 0 Å². The maximum atomic E-state index is 5.83. The van der Waals surface area contributed by atoms with Gasteiger partial charge in [-0.05, 0) is 43.9 Å². The van der Waals surface area contributed by atoms with Crippen LogP contribution in [0.4, 0.5) is 5.82 Å². The van der Waals surface area contributed by atoms with Crippen molar-refractivity contribution in [3.05, 3.63) is 23.9 Å². The predicted octanol–water partition coefficient (Wildman–Crippen LogP) is 2.76. The number of nitrogen functional groups attached to an aromatic ring is 1. The Morgan fingerprint density at radius 3 is 2.82 bits per heavy atom. The van der Waals surface area contributed by atoms with Gasteiger partial charge in [-0.1, -0.05) is 26.3 Å². The average molecular weight is 235 g/mol. The van der Waals surface area contributed by atoms with Gasteiger partial charge in [-0.25, -0.2) is 4.98 Å². The molecule has 0 aromatic carbocycles. The molecule has 0 radical (unpaired) electrons. The third kappa shape index (κ3) is 5.18. The number of pyridine rings is 1. The molecule has 0 fully saturated rings. The van der Waals surface area contributed by atoms with E-state index < -0.39 is 0 Å². The zero-order valence-corrected chi connectivity index (χ0v) is 11.1. The number of aromatic nitrogens is 1. The minimum absolute atomic E-state index is 0.655. The van der Waals surface area contributed by atoms with E-state index in [9.17, 15) is 0 Å². The molecule has 0 spiro atoms. The number of aryl methyl sites for hydroxylation is 1. The van der Waals surface area contributed by atoms with Crippen molar-refractivity contribution in [1.29, 1.82) is 0 Å². The summed E-state index contributed by atoms with van der Waals surface area (Å²) in [5.41, 5.74) is 7.01. The largest absolute Gasteiger partial charge is 0.383 e. The highest BCUT2D eigenvalue weighted by Crippen LogP contribution is 2.13. The summed E-state index contributed by atoms with van der Waals surface area (Å²) in [6, 6.07) is 4.69. The summed E-state index contributed by atoms with van der Waals surface area (Å²) >= 11 is 0. The molecule has 0 bridgehead atoms. The van der Waals surface area contributed by atoms with Gasteiger partial charge < -0.3 is 11.1 Å². The van der Waals surface area contributed by atoms with Crippen molar-refractivity contribution in [2.75, 3.05) is 12.3 Å². The second kappa shape index (κ2) is 8.07. The van der Waals surface area contributed by atoms with E-state index in [0.29, 0.717) is 11.9 Å². The summed E-state index contributed by atoms with van der Waals surface area (Å²) in [7, 11) is 0. The first-order valence-electron chi connectivity index (χ1n) is 6.70. The van der Waals surface area contributed by atoms with Crippen LogP contribution in [0.1, 0.15) is 45.1 Å². The quantitative estimate of drug-likeness (QED) is 0.728. The first-order valence-corrected chi connectivity index (χ1v) is 6.70. The van der Waals surface area contributed by atoms with Crippen LogP contribution in [0.25, 0.3) is 0 Å². The summed E-state index contributed by atoms with van der Waals surface area (Å²) in [4.78, 5) is 4.11. The van der Waals surface area contributed by atoms with E-state index in [4.69, 9.17) is 5.73 Å². The molecule has 3 nitrogen and oxygen atoms in total. The van der Waals surface area contributed by atoms with Crippen molar-refractivity contribution in [3.63, 3.8) is 0 Å². The van der Waals surface area contributed by atoms with Crippen LogP contribution in [-0.2, 0) is 6.42 Å². The standard InChI is InChI=1S/C14H25N3/c1-3-7-13(16-4-2)10-5-8-12-9-6-11-17-14(12)15/h6,9,11,13,16H,3-5,7-8,10H2,1-2H3,(H2,15,17). The fourth-order valence-electron chi connectivity index (χ4n) is 2.19. The van der Waals surface area contributed by atoms with Crippen LogP contribution in [0.15, 0.2) is 18.3 Å². The molecular formula is C14H25N3. The zero-order valence-electron chi connectivity index (χ0n) is 11.1. The lowest BCUT2D eigenvalue weighted by Gasteiger charge is -2.16. The molecule has 0 aliphatic rings. The Kier molecular flexibility index (Phi) is 6.63. The molecule has 0 saturated heterocycles. The molecule has 1 rings (SSSR count). The number of rotatable bonds is 8. The van der Waals surface area contributed by atoms with Gasteiger partial charge in [0.1, 0.15) is 5.82 Å². The van der Waals surface area contributed by atoms with Gasteiger partial charge in [0.05, 0.1) is 0 Å². The van der Waals surface area contributed by atoms with E-state index in [0.717, 1.165) is 13.0 Å². The number of anilines is 1. The van der Waals surface area contributed by atoms with Gasteiger partial charge in [-0.15, -0.1) is 0 Å². The Morgan fingerprint density at radius 2 is 2.18 bits per heavy atom. The molecule has 0 aliphatic carbocycles. The van der Waals surface area contributed by atoms with Crippen molar-refractivity contribution in [2.24, 2.45) is 0 Å². The number of hydrogen-bond acceptors (Lipinski definition) is 3. The van der Waals surface area contributed by atoms with E-state index in [2.05, 4.69) is 30.2 Å². The first kappa shape index (κ1) is 14.0. The second-order valence-corrected chi connectivity index (χ2v) is 4.48. The van der Waals surface area contributed by atoms with E-state index in [1.165, 1.54) is 31.2 Å². The van der Waals surface area contributed by atoms with Gasteiger partial charge in [0.15, 0.2) is 0 Å². The van der Waals surface area contributed by atoms with E-state index in [-0.39, 0.29) is 0 Å². The molecule has 1 aromatic heterocycles. The van der Waals surface area contributed by atoms with Gasteiger partial charge >= 0.3 is 0 Å². The van der Waals surface area contributed by atoms with Gasteiger partial charge in [0.25, 0.3) is 0 Å². The lowest BCUT2D eigenvalue weighted by molar-refractivity contribution is 0.447. The van der Waals surface area contributed by atoms with Gasteiger partial charge in [0.2, 0.25) is 0 Å². The number of nitrogens with one attached hydrogen (secondary N) is 1. The Labute approximate surface area is 105 Å². The average Bonchev–Trinajstić information content (AvgIpc) is 2.32. The van der Waals surface area contributed by atoms with Crippen molar-refractivity contribution < 1.29 is 0 Å². The Balaban J connectivity index is 2.33. The highest BCUT2D eigenvalue weighted by Gasteiger charge is 2.06. The first-order chi connectivity index (χ1) is 8.27. The molecule has 1 atom stereocenters. The van der Waals surface area contributed by atoms with Gasteiger partial charge in [0, 0.05) is 12.2 Å². The third-order valence-electron chi connectivity index (χ3n) is 3.05. The van der Waals surface area contributed by atoms with E-state index in [1.54, 1.807) is 6.20 Å². The normalized spacial score (nSPS) is 12.6. The van der Waals surface area contributed by atoms with Crippen LogP contribution in [0, 0.1) is 0 Å². The molecule has 96 valence electrons. The Hall–Kier alpha value is -1.09. The molecule has 1 aromatic rings. The topological polar surface area (TPSA) is 50.9 Å². The maximum absolute atomic E-state index is 5.83. The van der Waals surface area contributed by atoms with Crippen LogP contribution < -0.4 is 11.1 Å². The van der Waals surface area contributed by atoms with Crippen LogP contribution in [0.5, 0.6) is 0 Å². The molecule has 3 heteroatoms. The minimum atomic E-state index is 0.655. The van der Waals surface area contributed by atoms with Gasteiger partial charge in [-0.2, -0.15) is 0 Å². The summed E-state index contributed by atoms with van der Waals surface area (Å²) in [5.74, 6) is 0.683. The van der Waals surface area contributed by atoms with Crippen LogP contribution >= 0.6 is 0 Å². The smallest absolute Gasteiger partial charge is 0.126 e. The lowest BCUT2D eigenvalue weighted by atomic mass is 10.0. The highest BCUT2D eigenvalue weighted by molar-refractivity contribution is 5.38. The summed E-state index contributed by atoms with van der Waals surface area (Å²) in [6.45, 7) is 5.46. The van der Waals surface area contributed by atoms with Crippen molar-refractivity contribution >= 4 is 5.82 Å². The zero-order chi connectivity index (χ0) is 12.5. The van der Waals surface area contributed by atoms with Crippen molar-refractivity contribution in [2.45, 2.75) is 52.0 Å². The van der Waals surface area contributed by atoms with Crippen LogP contribution in [0.2, 0.25) is 0 Å². The van der Waals surface area contributed by atoms with Crippen LogP contribution in [0.3, 0.4) is 0 Å². The Bertz CT molecular complexity index is 306. The summed E-state index contributed by atoms with van der Waals surface area (Å²) in [6.07, 6.45) is 7.68. The molecule has 0 aliphatic heterocycles. The SMILES string of the molecule is CCCC(CCCc1cccnc1N)NCC. The van der Waals surface area contributed by atoms with Crippen LogP contribution in [-0.4, -0.2) is 17.6 Å². The minimum Gasteiger partial charge on any atom is -0.383 e. The molecule has 17 heavy (non-hydrogen) atoms. The van der Waals surface area contributed by atoms with Crippen molar-refractivity contribution in [1.82, 2.24) is 10.3 Å². The second-order valence-electron chi connectivity index (χ2n) is 4.48. The maximum Gasteiger partial charge on any atom is 0.126 e. The fourth-order valence-corrected chi connectivity index (χ4v) is 2.19. The number of hydrogen-bond donors (Lipinski definition) is 2. The molecule has 0 amide bonds. The third-order valence-corrected chi connectivity index (χ3v) is 3.05. The summed E-state index contributed by atoms with van der Waals surface area (Å²) < 4.78 is 0. The Morgan fingerprint density at radius 1 is 1.35 bits per heavy atom. The molecule has 0 saturated carbocycles. The number of nitrogens with zero attached hydrogens (tertiary/aromatic N) is 1. The van der Waals surface area contributed by atoms with E-state index in [1.807, 2.05) is 6.07 Å². The van der Waals surface area contributed by atoms with Gasteiger partial charge in [-0.3, -0.25) is 0 Å². The lowest BCUT2D eigenvalue weighted by Crippen LogP contribution is -2.28. The van der Waals surface area contributed by atoms with Crippen molar-refractivity contribution in [3.8, 4) is 0 Å². The molecule has 1 heterocycles. The molecular weight excluding hydrogens is 210 g/mol. The monoisotopic (exact) mass is 235 g/mol. The predicted molar refractivity (Wildman–Crippen MR) is 74.0 cm³/mol. The summed E-state index contributed by atoms with van der Waals surface area (Å²) in [5, 5.41) is 3.54.